The highest BCUT2D eigenvalue weighted by atomic mass is 35.5. The van der Waals surface area contributed by atoms with Crippen LogP contribution in [0, 0.1) is 0 Å². The Morgan fingerprint density at radius 2 is 1.88 bits per heavy atom. The number of carbonyl (C=O) groups excluding carboxylic acids is 1. The summed E-state index contributed by atoms with van der Waals surface area (Å²) in [5.41, 5.74) is -0.0755. The molecular weight excluding hydrogens is 457 g/mol. The van der Waals surface area contributed by atoms with Crippen molar-refractivity contribution in [2.24, 2.45) is 0 Å². The molecule has 0 radical (unpaired) electrons. The van der Waals surface area contributed by atoms with Gasteiger partial charge in [0.05, 0.1) is 23.1 Å². The lowest BCUT2D eigenvalue weighted by molar-refractivity contribution is -0.137. The first-order valence-corrected chi connectivity index (χ1v) is 10.6. The maximum absolute atomic E-state index is 13.0. The fraction of sp³-hybridized carbons (Fsp3) is 0.261. The Morgan fingerprint density at radius 1 is 1.15 bits per heavy atom. The molecule has 0 fully saturated rings. The molecule has 10 heteroatoms. The molecule has 2 N–H and O–H groups in total. The third-order valence-corrected chi connectivity index (χ3v) is 5.22. The third kappa shape index (κ3) is 6.13. The molecule has 3 aromatic rings. The number of hydrogen-bond donors (Lipinski definition) is 2. The van der Waals surface area contributed by atoms with E-state index in [1.807, 2.05) is 6.92 Å². The van der Waals surface area contributed by atoms with E-state index < -0.39 is 17.3 Å². The first-order valence-electron chi connectivity index (χ1n) is 10.3. The number of carbonyl (C=O) groups is 1. The zero-order valence-electron chi connectivity index (χ0n) is 17.7. The van der Waals surface area contributed by atoms with Gasteiger partial charge in [-0.1, -0.05) is 43.1 Å². The molecule has 0 bridgehead atoms. The summed E-state index contributed by atoms with van der Waals surface area (Å²) in [7, 11) is 0. The Hall–Kier alpha value is -3.33. The van der Waals surface area contributed by atoms with Crippen molar-refractivity contribution >= 4 is 23.2 Å². The number of nitrogens with zero attached hydrogens (tertiary/aromatic N) is 2. The molecule has 3 rings (SSSR count). The lowest BCUT2D eigenvalue weighted by Crippen LogP contribution is -2.24. The Kier molecular flexibility index (Phi) is 7.75. The van der Waals surface area contributed by atoms with E-state index >= 15 is 0 Å². The van der Waals surface area contributed by atoms with E-state index in [0.717, 1.165) is 35.2 Å². The zero-order chi connectivity index (χ0) is 24.0. The minimum Gasteiger partial charge on any atom is -0.378 e. The van der Waals surface area contributed by atoms with Gasteiger partial charge in [-0.05, 0) is 42.3 Å². The van der Waals surface area contributed by atoms with Crippen molar-refractivity contribution < 1.29 is 18.0 Å². The Bertz CT molecular complexity index is 1180. The summed E-state index contributed by atoms with van der Waals surface area (Å²) in [6, 6.07) is 11.2. The van der Waals surface area contributed by atoms with Crippen LogP contribution < -0.4 is 16.2 Å². The van der Waals surface area contributed by atoms with Gasteiger partial charge in [-0.2, -0.15) is 23.0 Å². The van der Waals surface area contributed by atoms with E-state index in [9.17, 15) is 22.8 Å². The van der Waals surface area contributed by atoms with Gasteiger partial charge < -0.3 is 10.6 Å². The molecule has 0 atom stereocenters. The van der Waals surface area contributed by atoms with Crippen LogP contribution in [0.5, 0.6) is 0 Å². The predicted octanol–water partition coefficient (Wildman–Crippen LogP) is 5.05. The van der Waals surface area contributed by atoms with Crippen LogP contribution in [0.15, 0.2) is 59.5 Å². The van der Waals surface area contributed by atoms with Crippen LogP contribution in [0.3, 0.4) is 0 Å². The molecule has 0 aliphatic rings. The second-order valence-corrected chi connectivity index (χ2v) is 7.68. The number of amides is 1. The van der Waals surface area contributed by atoms with Crippen molar-refractivity contribution in [1.29, 1.82) is 0 Å². The highest BCUT2D eigenvalue weighted by molar-refractivity contribution is 6.32. The summed E-state index contributed by atoms with van der Waals surface area (Å²) in [6.45, 7) is 2.96. The van der Waals surface area contributed by atoms with E-state index in [1.54, 1.807) is 24.3 Å². The van der Waals surface area contributed by atoms with E-state index in [0.29, 0.717) is 18.7 Å². The number of anilines is 1. The molecular formula is C23H22ClF3N4O2. The monoisotopic (exact) mass is 478 g/mol. The molecule has 0 unspecified atom stereocenters. The molecule has 0 saturated carbocycles. The lowest BCUT2D eigenvalue weighted by atomic mass is 10.1. The number of nitrogens with one attached hydrogen (secondary N) is 2. The summed E-state index contributed by atoms with van der Waals surface area (Å²) in [5.74, 6) is -0.145. The quantitative estimate of drug-likeness (QED) is 0.444. The largest absolute Gasteiger partial charge is 0.416 e. The molecule has 2 aromatic carbocycles. The van der Waals surface area contributed by atoms with Crippen molar-refractivity contribution in [3.8, 4) is 5.69 Å². The van der Waals surface area contributed by atoms with Crippen molar-refractivity contribution in [3.05, 3.63) is 86.8 Å². The van der Waals surface area contributed by atoms with Crippen LogP contribution in [-0.2, 0) is 12.7 Å². The van der Waals surface area contributed by atoms with Crippen LogP contribution in [-0.4, -0.2) is 22.2 Å². The van der Waals surface area contributed by atoms with Crippen LogP contribution in [0.4, 0.5) is 18.9 Å². The Labute approximate surface area is 193 Å². The van der Waals surface area contributed by atoms with E-state index in [2.05, 4.69) is 15.7 Å². The third-order valence-electron chi connectivity index (χ3n) is 4.85. The van der Waals surface area contributed by atoms with Gasteiger partial charge in [0.15, 0.2) is 0 Å². The number of benzene rings is 2. The topological polar surface area (TPSA) is 76.0 Å². The number of unbranched alkanes of at least 4 members (excludes halogenated alkanes) is 1. The minimum absolute atomic E-state index is 0.0453. The van der Waals surface area contributed by atoms with Gasteiger partial charge in [0.1, 0.15) is 5.02 Å². The van der Waals surface area contributed by atoms with E-state index in [1.165, 1.54) is 18.3 Å². The van der Waals surface area contributed by atoms with Gasteiger partial charge >= 0.3 is 6.18 Å². The van der Waals surface area contributed by atoms with Crippen molar-refractivity contribution in [2.75, 3.05) is 11.9 Å². The van der Waals surface area contributed by atoms with Gasteiger partial charge in [-0.15, -0.1) is 0 Å². The molecule has 33 heavy (non-hydrogen) atoms. The molecule has 1 heterocycles. The predicted molar refractivity (Wildman–Crippen MR) is 121 cm³/mol. The number of rotatable bonds is 8. The molecule has 6 nitrogen and oxygen atoms in total. The Balaban J connectivity index is 1.70. The molecule has 0 spiro atoms. The van der Waals surface area contributed by atoms with Crippen molar-refractivity contribution in [3.63, 3.8) is 0 Å². The van der Waals surface area contributed by atoms with Gasteiger partial charge in [0.25, 0.3) is 11.5 Å². The summed E-state index contributed by atoms with van der Waals surface area (Å²) < 4.78 is 39.7. The molecule has 0 saturated heterocycles. The highest BCUT2D eigenvalue weighted by Crippen LogP contribution is 2.30. The van der Waals surface area contributed by atoms with Gasteiger partial charge in [-0.3, -0.25) is 9.59 Å². The van der Waals surface area contributed by atoms with E-state index in [-0.39, 0.29) is 22.3 Å². The minimum atomic E-state index is -4.55. The summed E-state index contributed by atoms with van der Waals surface area (Å²) in [6.07, 6.45) is -1.36. The van der Waals surface area contributed by atoms with Crippen LogP contribution in [0.2, 0.25) is 5.02 Å². The zero-order valence-corrected chi connectivity index (χ0v) is 18.5. The maximum Gasteiger partial charge on any atom is 0.416 e. The fourth-order valence-electron chi connectivity index (χ4n) is 3.01. The standard InChI is InChI=1S/C23H22ClF3N4O2/c1-2-3-11-28-21(32)16-9-7-15(8-10-16)13-29-19-14-30-31(22(33)20(19)24)18-6-4-5-17(12-18)23(25,26)27/h4-10,12,14,29H,2-3,11,13H2,1H3,(H,28,32). The van der Waals surface area contributed by atoms with Crippen molar-refractivity contribution in [1.82, 2.24) is 15.1 Å². The summed E-state index contributed by atoms with van der Waals surface area (Å²) in [4.78, 5) is 24.7. The number of hydrogen-bond acceptors (Lipinski definition) is 4. The van der Waals surface area contributed by atoms with Crippen LogP contribution >= 0.6 is 11.6 Å². The highest BCUT2D eigenvalue weighted by Gasteiger charge is 2.30. The molecule has 174 valence electrons. The number of halogens is 4. The Morgan fingerprint density at radius 3 is 2.55 bits per heavy atom. The molecule has 0 aliphatic carbocycles. The molecule has 1 amide bonds. The smallest absolute Gasteiger partial charge is 0.378 e. The van der Waals surface area contributed by atoms with Gasteiger partial charge in [0.2, 0.25) is 0 Å². The van der Waals surface area contributed by atoms with Gasteiger partial charge in [-0.25, -0.2) is 0 Å². The summed E-state index contributed by atoms with van der Waals surface area (Å²) >= 11 is 6.16. The average Bonchev–Trinajstić information content (AvgIpc) is 2.80. The molecule has 0 aliphatic heterocycles. The first kappa shape index (κ1) is 24.3. The fourth-order valence-corrected chi connectivity index (χ4v) is 3.20. The normalized spacial score (nSPS) is 11.3. The van der Waals surface area contributed by atoms with Crippen LogP contribution in [0.25, 0.3) is 5.69 Å². The molecule has 1 aromatic heterocycles. The SMILES string of the molecule is CCCCNC(=O)c1ccc(CNc2cnn(-c3cccc(C(F)(F)F)c3)c(=O)c2Cl)cc1. The number of aromatic nitrogens is 2. The number of alkyl halides is 3. The average molecular weight is 479 g/mol. The lowest BCUT2D eigenvalue weighted by Gasteiger charge is -2.12. The van der Waals surface area contributed by atoms with Crippen LogP contribution in [0.1, 0.15) is 41.3 Å². The van der Waals surface area contributed by atoms with Gasteiger partial charge in [0, 0.05) is 18.7 Å². The van der Waals surface area contributed by atoms with Crippen molar-refractivity contribution in [2.45, 2.75) is 32.5 Å². The second kappa shape index (κ2) is 10.5. The van der Waals surface area contributed by atoms with E-state index in [4.69, 9.17) is 11.6 Å². The second-order valence-electron chi connectivity index (χ2n) is 7.30. The maximum atomic E-state index is 13.0. The first-order chi connectivity index (χ1) is 15.7. The summed E-state index contributed by atoms with van der Waals surface area (Å²) in [5, 5.41) is 9.58.